The van der Waals surface area contributed by atoms with Gasteiger partial charge in [-0.15, -0.1) is 0 Å². The van der Waals surface area contributed by atoms with Crippen molar-refractivity contribution in [2.24, 2.45) is 0 Å². The first-order valence-corrected chi connectivity index (χ1v) is 11.1. The van der Waals surface area contributed by atoms with Crippen molar-refractivity contribution in [2.75, 3.05) is 0 Å². The molecule has 0 atom stereocenters. The first-order valence-electron chi connectivity index (χ1n) is 11.1. The largest absolute Gasteiger partial charge is 0.481 e. The lowest BCUT2D eigenvalue weighted by molar-refractivity contribution is -0.137. The van der Waals surface area contributed by atoms with Crippen molar-refractivity contribution in [2.45, 2.75) is 129 Å². The number of rotatable bonds is 20. The van der Waals surface area contributed by atoms with Gasteiger partial charge in [0.1, 0.15) is 0 Å². The first kappa shape index (κ1) is 24.2. The van der Waals surface area contributed by atoms with Crippen molar-refractivity contribution >= 4 is 5.97 Å². The molecule has 0 aliphatic heterocycles. The maximum Gasteiger partial charge on any atom is 0.303 e. The van der Waals surface area contributed by atoms with Crippen molar-refractivity contribution in [3.8, 4) is 0 Å². The third-order valence-corrected chi connectivity index (χ3v) is 4.90. The molecule has 0 bridgehead atoms. The van der Waals surface area contributed by atoms with Crippen LogP contribution in [0, 0.1) is 0 Å². The molecule has 0 aliphatic carbocycles. The second-order valence-corrected chi connectivity index (χ2v) is 7.50. The van der Waals surface area contributed by atoms with Crippen molar-refractivity contribution in [1.82, 2.24) is 0 Å². The highest BCUT2D eigenvalue weighted by atomic mass is 16.4. The fourth-order valence-electron chi connectivity index (χ4n) is 3.24. The molecule has 2 heteroatoms. The normalized spacial score (nSPS) is 11.4. The minimum atomic E-state index is -0.684. The van der Waals surface area contributed by atoms with Gasteiger partial charge in [0.2, 0.25) is 0 Å². The summed E-state index contributed by atoms with van der Waals surface area (Å²) in [6.07, 6.45) is 28.7. The molecule has 0 aromatic heterocycles. The number of aliphatic carboxylic acids is 1. The summed E-state index contributed by atoms with van der Waals surface area (Å²) in [7, 11) is 0. The number of carbonyl (C=O) groups is 1. The number of hydrogen-bond acceptors (Lipinski definition) is 1. The van der Waals surface area contributed by atoms with E-state index < -0.39 is 5.97 Å². The lowest BCUT2D eigenvalue weighted by Gasteiger charge is -2.03. The van der Waals surface area contributed by atoms with Gasteiger partial charge < -0.3 is 5.11 Å². The summed E-state index contributed by atoms with van der Waals surface area (Å²) < 4.78 is 0. The molecule has 148 valence electrons. The Morgan fingerprint density at radius 3 is 1.36 bits per heavy atom. The van der Waals surface area contributed by atoms with E-state index in [0.717, 1.165) is 19.3 Å². The SMILES string of the molecule is CCCCCCCCCCCCCCCCC/C=C\CCCC(=O)O. The molecule has 2 nitrogen and oxygen atoms in total. The number of hydrogen-bond donors (Lipinski definition) is 1. The molecule has 0 rings (SSSR count). The van der Waals surface area contributed by atoms with Gasteiger partial charge >= 0.3 is 5.97 Å². The van der Waals surface area contributed by atoms with Gasteiger partial charge in [0.15, 0.2) is 0 Å². The van der Waals surface area contributed by atoms with Crippen LogP contribution in [0.3, 0.4) is 0 Å². The van der Waals surface area contributed by atoms with E-state index >= 15 is 0 Å². The van der Waals surface area contributed by atoms with Crippen LogP contribution in [0.1, 0.15) is 129 Å². The fraction of sp³-hybridized carbons (Fsp3) is 0.870. The van der Waals surface area contributed by atoms with E-state index in [1.54, 1.807) is 0 Å². The summed E-state index contributed by atoms with van der Waals surface area (Å²) in [5, 5.41) is 8.54. The van der Waals surface area contributed by atoms with E-state index in [-0.39, 0.29) is 0 Å². The summed E-state index contributed by atoms with van der Waals surface area (Å²) in [5.74, 6) is -0.684. The molecule has 0 saturated carbocycles. The summed E-state index contributed by atoms with van der Waals surface area (Å²) in [6, 6.07) is 0. The van der Waals surface area contributed by atoms with E-state index in [0.29, 0.717) is 6.42 Å². The third-order valence-electron chi connectivity index (χ3n) is 4.90. The highest BCUT2D eigenvalue weighted by molar-refractivity contribution is 5.66. The summed E-state index contributed by atoms with van der Waals surface area (Å²) in [5.41, 5.74) is 0. The number of allylic oxidation sites excluding steroid dienone is 2. The highest BCUT2D eigenvalue weighted by Gasteiger charge is 1.95. The Hall–Kier alpha value is -0.790. The molecule has 0 spiro atoms. The van der Waals surface area contributed by atoms with Gasteiger partial charge in [-0.3, -0.25) is 4.79 Å². The van der Waals surface area contributed by atoms with Crippen molar-refractivity contribution in [3.63, 3.8) is 0 Å². The Balaban J connectivity index is 3.05. The van der Waals surface area contributed by atoms with Crippen LogP contribution < -0.4 is 0 Å². The fourth-order valence-corrected chi connectivity index (χ4v) is 3.24. The Morgan fingerprint density at radius 1 is 0.600 bits per heavy atom. The van der Waals surface area contributed by atoms with E-state index in [2.05, 4.69) is 19.1 Å². The van der Waals surface area contributed by atoms with Crippen molar-refractivity contribution in [3.05, 3.63) is 12.2 Å². The van der Waals surface area contributed by atoms with Crippen LogP contribution in [0.4, 0.5) is 0 Å². The Labute approximate surface area is 157 Å². The van der Waals surface area contributed by atoms with Crippen LogP contribution in [-0.4, -0.2) is 11.1 Å². The highest BCUT2D eigenvalue weighted by Crippen LogP contribution is 2.13. The zero-order valence-electron chi connectivity index (χ0n) is 16.9. The van der Waals surface area contributed by atoms with Crippen LogP contribution in [0.2, 0.25) is 0 Å². The predicted molar refractivity (Wildman–Crippen MR) is 110 cm³/mol. The first-order chi connectivity index (χ1) is 12.3. The Kier molecular flexibility index (Phi) is 20.6. The minimum Gasteiger partial charge on any atom is -0.481 e. The molecule has 1 N–H and O–H groups in total. The number of carboxylic acid groups (broad SMARTS) is 1. The molecule has 0 saturated heterocycles. The van der Waals surface area contributed by atoms with E-state index in [9.17, 15) is 4.79 Å². The van der Waals surface area contributed by atoms with Crippen LogP contribution in [0.15, 0.2) is 12.2 Å². The number of carboxylic acids is 1. The van der Waals surface area contributed by atoms with Gasteiger partial charge in [0.25, 0.3) is 0 Å². The van der Waals surface area contributed by atoms with Gasteiger partial charge in [-0.25, -0.2) is 0 Å². The van der Waals surface area contributed by atoms with Crippen molar-refractivity contribution < 1.29 is 9.90 Å². The summed E-state index contributed by atoms with van der Waals surface area (Å²) in [4.78, 5) is 10.4. The molecule has 25 heavy (non-hydrogen) atoms. The second-order valence-electron chi connectivity index (χ2n) is 7.50. The van der Waals surface area contributed by atoms with Gasteiger partial charge in [0.05, 0.1) is 0 Å². The van der Waals surface area contributed by atoms with Gasteiger partial charge in [-0.1, -0.05) is 109 Å². The quantitative estimate of drug-likeness (QED) is 0.178. The maximum absolute atomic E-state index is 10.4. The lowest BCUT2D eigenvalue weighted by atomic mass is 10.0. The standard InChI is InChI=1S/C23H44O2/c1-2-3-4-5-6-7-8-9-10-11-12-13-14-15-16-17-18-19-20-21-22-23(24)25/h18-19H,2-17,20-22H2,1H3,(H,24,25)/b19-18-. The Bertz CT molecular complexity index is 296. The average molecular weight is 353 g/mol. The van der Waals surface area contributed by atoms with Crippen LogP contribution in [-0.2, 0) is 4.79 Å². The molecule has 0 aliphatic rings. The average Bonchev–Trinajstić information content (AvgIpc) is 2.60. The van der Waals surface area contributed by atoms with E-state index in [1.807, 2.05) is 0 Å². The second kappa shape index (κ2) is 21.3. The van der Waals surface area contributed by atoms with Crippen LogP contribution >= 0.6 is 0 Å². The van der Waals surface area contributed by atoms with Gasteiger partial charge in [-0.2, -0.15) is 0 Å². The van der Waals surface area contributed by atoms with Gasteiger partial charge in [-0.05, 0) is 25.7 Å². The molecule has 0 heterocycles. The molecular formula is C23H44O2. The maximum atomic E-state index is 10.4. The molecule has 0 amide bonds. The van der Waals surface area contributed by atoms with E-state index in [1.165, 1.54) is 96.3 Å². The topological polar surface area (TPSA) is 37.3 Å². The molecule has 0 radical (unpaired) electrons. The Morgan fingerprint density at radius 2 is 0.960 bits per heavy atom. The van der Waals surface area contributed by atoms with E-state index in [4.69, 9.17) is 5.11 Å². The summed E-state index contributed by atoms with van der Waals surface area (Å²) >= 11 is 0. The number of unbranched alkanes of at least 4 members (excludes halogenated alkanes) is 16. The molecule has 0 aromatic rings. The molecule has 0 unspecified atom stereocenters. The zero-order chi connectivity index (χ0) is 18.4. The monoisotopic (exact) mass is 352 g/mol. The van der Waals surface area contributed by atoms with Gasteiger partial charge in [0, 0.05) is 6.42 Å². The molecule has 0 aromatic carbocycles. The molecule has 0 fully saturated rings. The summed E-state index contributed by atoms with van der Waals surface area (Å²) in [6.45, 7) is 2.28. The van der Waals surface area contributed by atoms with Crippen LogP contribution in [0.5, 0.6) is 0 Å². The molecular weight excluding hydrogens is 308 g/mol. The third kappa shape index (κ3) is 23.2. The van der Waals surface area contributed by atoms with Crippen LogP contribution in [0.25, 0.3) is 0 Å². The zero-order valence-corrected chi connectivity index (χ0v) is 16.9. The smallest absolute Gasteiger partial charge is 0.303 e. The predicted octanol–water partition coefficient (Wildman–Crippen LogP) is 8.06. The minimum absolute atomic E-state index is 0.295. The van der Waals surface area contributed by atoms with Crippen molar-refractivity contribution in [1.29, 1.82) is 0 Å². The lowest BCUT2D eigenvalue weighted by Crippen LogP contribution is -1.92.